The number of nitrogens with one attached hydrogen (secondary N) is 1. The molecule has 0 aliphatic heterocycles. The number of carboxylic acids is 1. The number of carboxylic acid groups (broad SMARTS) is 1. The number of amides is 1. The first kappa shape index (κ1) is 15.4. The normalized spacial score (nSPS) is 10.3. The van der Waals surface area contributed by atoms with Crippen molar-refractivity contribution < 1.29 is 19.4 Å². The zero-order valence-corrected chi connectivity index (χ0v) is 12.5. The van der Waals surface area contributed by atoms with E-state index in [9.17, 15) is 9.59 Å². The third-order valence-electron chi connectivity index (χ3n) is 3.32. The number of anilines is 1. The molecule has 0 fully saturated rings. The highest BCUT2D eigenvalue weighted by Crippen LogP contribution is 2.20. The maximum absolute atomic E-state index is 11.9. The summed E-state index contributed by atoms with van der Waals surface area (Å²) in [5.41, 5.74) is 1.40. The molecule has 0 spiro atoms. The van der Waals surface area contributed by atoms with Gasteiger partial charge in [-0.1, -0.05) is 30.3 Å². The van der Waals surface area contributed by atoms with Gasteiger partial charge in [0.1, 0.15) is 18.8 Å². The van der Waals surface area contributed by atoms with E-state index in [1.54, 1.807) is 6.07 Å². The molecule has 0 saturated heterocycles. The Morgan fingerprint density at radius 1 is 1.08 bits per heavy atom. The lowest BCUT2D eigenvalue weighted by atomic mass is 10.1. The Balaban J connectivity index is 1.74. The molecule has 3 rings (SSSR count). The lowest BCUT2D eigenvalue weighted by Crippen LogP contribution is -2.15. The van der Waals surface area contributed by atoms with Gasteiger partial charge < -0.3 is 9.84 Å². The second kappa shape index (κ2) is 6.74. The summed E-state index contributed by atoms with van der Waals surface area (Å²) in [5, 5.41) is 12.1. The molecule has 0 saturated carbocycles. The molecule has 0 aliphatic rings. The molecule has 2 N–H and O–H groups in total. The van der Waals surface area contributed by atoms with Crippen molar-refractivity contribution in [1.29, 1.82) is 0 Å². The molecule has 1 heterocycles. The molecule has 7 heteroatoms. The van der Waals surface area contributed by atoms with Gasteiger partial charge in [-0.15, -0.1) is 0 Å². The first-order valence-electron chi connectivity index (χ1n) is 7.09. The molecule has 0 bridgehead atoms. The van der Waals surface area contributed by atoms with Crippen molar-refractivity contribution in [2.24, 2.45) is 0 Å². The largest absolute Gasteiger partial charge is 0.478 e. The smallest absolute Gasteiger partial charge is 0.413 e. The molecule has 0 atom stereocenters. The number of nitrogens with zero attached hydrogens (tertiary/aromatic N) is 2. The molecule has 7 nitrogen and oxygen atoms in total. The predicted octanol–water partition coefficient (Wildman–Crippen LogP) is 3.08. The summed E-state index contributed by atoms with van der Waals surface area (Å²) in [6, 6.07) is 13.7. The van der Waals surface area contributed by atoms with Crippen LogP contribution in [0, 0.1) is 0 Å². The molecular weight excluding hydrogens is 310 g/mol. The van der Waals surface area contributed by atoms with Crippen LogP contribution >= 0.6 is 0 Å². The summed E-state index contributed by atoms with van der Waals surface area (Å²) < 4.78 is 5.14. The van der Waals surface area contributed by atoms with E-state index in [4.69, 9.17) is 9.84 Å². The molecule has 1 aromatic heterocycles. The summed E-state index contributed by atoms with van der Waals surface area (Å²) >= 11 is 0. The highest BCUT2D eigenvalue weighted by atomic mass is 16.5. The Kier molecular flexibility index (Phi) is 4.33. The van der Waals surface area contributed by atoms with Gasteiger partial charge in [-0.05, 0) is 23.8 Å². The van der Waals surface area contributed by atoms with Crippen LogP contribution in [0.1, 0.15) is 15.9 Å². The fourth-order valence-corrected chi connectivity index (χ4v) is 2.15. The number of carbonyl (C=O) groups excluding carboxylic acids is 1. The minimum atomic E-state index is -1.05. The van der Waals surface area contributed by atoms with Crippen LogP contribution in [0.4, 0.5) is 10.6 Å². The zero-order valence-electron chi connectivity index (χ0n) is 12.5. The number of hydrogen-bond donors (Lipinski definition) is 2. The van der Waals surface area contributed by atoms with Gasteiger partial charge in [-0.2, -0.15) is 0 Å². The standard InChI is InChI=1S/C17H13N3O4/c21-16(22)12-6-7-13-14(8-12)18-10-19-15(13)20-17(23)24-9-11-4-2-1-3-5-11/h1-8,10H,9H2,(H,21,22)(H,18,19,20,23). The monoisotopic (exact) mass is 323 g/mol. The predicted molar refractivity (Wildman–Crippen MR) is 86.7 cm³/mol. The number of aromatic nitrogens is 2. The molecule has 3 aromatic rings. The van der Waals surface area contributed by atoms with Gasteiger partial charge >= 0.3 is 12.1 Å². The second-order valence-corrected chi connectivity index (χ2v) is 4.95. The Bertz CT molecular complexity index is 897. The first-order chi connectivity index (χ1) is 11.6. The van der Waals surface area contributed by atoms with Crippen LogP contribution in [-0.4, -0.2) is 27.1 Å². The van der Waals surface area contributed by atoms with Crippen LogP contribution in [0.2, 0.25) is 0 Å². The van der Waals surface area contributed by atoms with Crippen molar-refractivity contribution in [1.82, 2.24) is 9.97 Å². The topological polar surface area (TPSA) is 101 Å². The van der Waals surface area contributed by atoms with Crippen molar-refractivity contribution in [3.8, 4) is 0 Å². The van der Waals surface area contributed by atoms with Crippen LogP contribution in [0.25, 0.3) is 10.9 Å². The zero-order chi connectivity index (χ0) is 16.9. The van der Waals surface area contributed by atoms with Gasteiger partial charge in [0.15, 0.2) is 0 Å². The molecule has 120 valence electrons. The SMILES string of the molecule is O=C(Nc1ncnc2cc(C(=O)O)ccc12)OCc1ccccc1. The van der Waals surface area contributed by atoms with Crippen LogP contribution < -0.4 is 5.32 Å². The molecule has 1 amide bonds. The lowest BCUT2D eigenvalue weighted by Gasteiger charge is -2.08. The number of hydrogen-bond acceptors (Lipinski definition) is 5. The molecule has 0 unspecified atom stereocenters. The van der Waals surface area contributed by atoms with E-state index in [-0.39, 0.29) is 18.0 Å². The Labute approximate surface area is 136 Å². The van der Waals surface area contributed by atoms with E-state index in [2.05, 4.69) is 15.3 Å². The van der Waals surface area contributed by atoms with Gasteiger partial charge in [0.2, 0.25) is 0 Å². The number of ether oxygens (including phenoxy) is 1. The van der Waals surface area contributed by atoms with Gasteiger partial charge in [-0.3, -0.25) is 5.32 Å². The maximum Gasteiger partial charge on any atom is 0.413 e. The molecule has 0 aliphatic carbocycles. The summed E-state index contributed by atoms with van der Waals surface area (Å²) in [6.45, 7) is 0.138. The van der Waals surface area contributed by atoms with Crippen molar-refractivity contribution >= 4 is 28.8 Å². The van der Waals surface area contributed by atoms with E-state index < -0.39 is 12.1 Å². The molecule has 0 radical (unpaired) electrons. The fraction of sp³-hybridized carbons (Fsp3) is 0.0588. The van der Waals surface area contributed by atoms with Crippen molar-refractivity contribution in [3.63, 3.8) is 0 Å². The Hall–Kier alpha value is -3.48. The third kappa shape index (κ3) is 3.46. The van der Waals surface area contributed by atoms with Gasteiger partial charge in [0.25, 0.3) is 0 Å². The average Bonchev–Trinajstić information content (AvgIpc) is 2.60. The Morgan fingerprint density at radius 2 is 1.88 bits per heavy atom. The van der Waals surface area contributed by atoms with Crippen LogP contribution in [0.3, 0.4) is 0 Å². The van der Waals surface area contributed by atoms with Crippen molar-refractivity contribution in [3.05, 3.63) is 66.0 Å². The number of carbonyl (C=O) groups is 2. The number of rotatable bonds is 4. The molecule has 24 heavy (non-hydrogen) atoms. The van der Waals surface area contributed by atoms with Crippen LogP contribution in [-0.2, 0) is 11.3 Å². The second-order valence-electron chi connectivity index (χ2n) is 4.95. The summed E-state index contributed by atoms with van der Waals surface area (Å²) in [4.78, 5) is 30.9. The first-order valence-corrected chi connectivity index (χ1v) is 7.09. The van der Waals surface area contributed by atoms with Crippen LogP contribution in [0.5, 0.6) is 0 Å². The van der Waals surface area contributed by atoms with Gasteiger partial charge in [-0.25, -0.2) is 19.6 Å². The minimum absolute atomic E-state index is 0.110. The van der Waals surface area contributed by atoms with Gasteiger partial charge in [0, 0.05) is 5.39 Å². The van der Waals surface area contributed by atoms with Crippen LogP contribution in [0.15, 0.2) is 54.9 Å². The minimum Gasteiger partial charge on any atom is -0.478 e. The highest BCUT2D eigenvalue weighted by molar-refractivity contribution is 5.99. The average molecular weight is 323 g/mol. The molecule has 2 aromatic carbocycles. The highest BCUT2D eigenvalue weighted by Gasteiger charge is 2.11. The summed E-state index contributed by atoms with van der Waals surface area (Å²) in [6.07, 6.45) is 0.599. The number of benzene rings is 2. The van der Waals surface area contributed by atoms with Crippen molar-refractivity contribution in [2.45, 2.75) is 6.61 Å². The van der Waals surface area contributed by atoms with E-state index >= 15 is 0 Å². The fourth-order valence-electron chi connectivity index (χ4n) is 2.15. The van der Waals surface area contributed by atoms with E-state index in [0.717, 1.165) is 5.56 Å². The lowest BCUT2D eigenvalue weighted by molar-refractivity contribution is 0.0697. The van der Waals surface area contributed by atoms with E-state index in [0.29, 0.717) is 10.9 Å². The van der Waals surface area contributed by atoms with Gasteiger partial charge in [0.05, 0.1) is 11.1 Å². The van der Waals surface area contributed by atoms with E-state index in [1.807, 2.05) is 30.3 Å². The number of aromatic carboxylic acids is 1. The third-order valence-corrected chi connectivity index (χ3v) is 3.32. The molecular formula is C17H13N3O4. The van der Waals surface area contributed by atoms with E-state index in [1.165, 1.54) is 18.5 Å². The Morgan fingerprint density at radius 3 is 2.62 bits per heavy atom. The number of fused-ring (bicyclic) bond motifs is 1. The summed E-state index contributed by atoms with van der Waals surface area (Å²) in [5.74, 6) is -0.790. The maximum atomic E-state index is 11.9. The van der Waals surface area contributed by atoms with Crippen molar-refractivity contribution in [2.75, 3.05) is 5.32 Å². The quantitative estimate of drug-likeness (QED) is 0.765. The summed E-state index contributed by atoms with van der Waals surface area (Å²) in [7, 11) is 0.